The summed E-state index contributed by atoms with van der Waals surface area (Å²) in [6.45, 7) is 0.497. The molecule has 0 aliphatic heterocycles. The third-order valence-corrected chi connectivity index (χ3v) is 2.50. The number of amides is 1. The molecule has 4 N–H and O–H groups in total. The number of benzene rings is 1. The third kappa shape index (κ3) is 4.34. The van der Waals surface area contributed by atoms with E-state index in [1.54, 1.807) is 18.2 Å². The number of nitrogen functional groups attached to an aromatic ring is 1. The van der Waals surface area contributed by atoms with Crippen LogP contribution in [0.2, 0.25) is 0 Å². The number of nitrogens with two attached hydrogens (primary N) is 2. The van der Waals surface area contributed by atoms with Crippen LogP contribution in [-0.4, -0.2) is 12.5 Å². The van der Waals surface area contributed by atoms with Gasteiger partial charge in [-0.05, 0) is 31.4 Å². The number of primary amides is 1. The van der Waals surface area contributed by atoms with Gasteiger partial charge in [0.15, 0.2) is 0 Å². The van der Waals surface area contributed by atoms with E-state index in [-0.39, 0.29) is 5.91 Å². The van der Waals surface area contributed by atoms with Crippen molar-refractivity contribution in [1.29, 1.82) is 5.26 Å². The Bertz CT molecular complexity index is 452. The van der Waals surface area contributed by atoms with Crippen molar-refractivity contribution in [2.24, 2.45) is 5.73 Å². The SMILES string of the molecule is N#Cc1c(N)cccc1OCCCCCC(N)=O. The molecule has 0 atom stereocenters. The monoisotopic (exact) mass is 247 g/mol. The molecule has 1 amide bonds. The van der Waals surface area contributed by atoms with E-state index < -0.39 is 0 Å². The second kappa shape index (κ2) is 7.17. The van der Waals surface area contributed by atoms with Crippen LogP contribution in [0.25, 0.3) is 0 Å². The molecule has 0 aliphatic carbocycles. The summed E-state index contributed by atoms with van der Waals surface area (Å²) in [7, 11) is 0. The van der Waals surface area contributed by atoms with E-state index >= 15 is 0 Å². The molecule has 1 rings (SSSR count). The maximum absolute atomic E-state index is 10.5. The number of anilines is 1. The van der Waals surface area contributed by atoms with E-state index in [1.807, 2.05) is 6.07 Å². The van der Waals surface area contributed by atoms with Gasteiger partial charge in [0.1, 0.15) is 17.4 Å². The van der Waals surface area contributed by atoms with Crippen molar-refractivity contribution in [2.45, 2.75) is 25.7 Å². The van der Waals surface area contributed by atoms with Gasteiger partial charge in [-0.3, -0.25) is 4.79 Å². The number of nitriles is 1. The molecular weight excluding hydrogens is 230 g/mol. The van der Waals surface area contributed by atoms with Crippen LogP contribution < -0.4 is 16.2 Å². The lowest BCUT2D eigenvalue weighted by atomic mass is 10.1. The lowest BCUT2D eigenvalue weighted by molar-refractivity contribution is -0.118. The van der Waals surface area contributed by atoms with Gasteiger partial charge in [0.05, 0.1) is 12.3 Å². The van der Waals surface area contributed by atoms with Crippen LogP contribution in [-0.2, 0) is 4.79 Å². The lowest BCUT2D eigenvalue weighted by Gasteiger charge is -2.08. The molecule has 0 saturated heterocycles. The molecule has 18 heavy (non-hydrogen) atoms. The third-order valence-electron chi connectivity index (χ3n) is 2.50. The summed E-state index contributed by atoms with van der Waals surface area (Å²) in [6, 6.07) is 7.15. The van der Waals surface area contributed by atoms with Gasteiger partial charge in [-0.15, -0.1) is 0 Å². The predicted molar refractivity (Wildman–Crippen MR) is 68.7 cm³/mol. The summed E-state index contributed by atoms with van der Waals surface area (Å²) >= 11 is 0. The normalized spacial score (nSPS) is 9.72. The molecule has 0 fully saturated rings. The second-order valence-corrected chi connectivity index (χ2v) is 3.96. The van der Waals surface area contributed by atoms with Gasteiger partial charge in [0, 0.05) is 6.42 Å². The van der Waals surface area contributed by atoms with Crippen molar-refractivity contribution in [3.8, 4) is 11.8 Å². The number of nitrogens with zero attached hydrogens (tertiary/aromatic N) is 1. The molecule has 0 aliphatic rings. The first-order valence-electron chi connectivity index (χ1n) is 5.85. The molecule has 0 bridgehead atoms. The topological polar surface area (TPSA) is 102 Å². The molecule has 0 radical (unpaired) electrons. The Hall–Kier alpha value is -2.22. The average molecular weight is 247 g/mol. The number of rotatable bonds is 7. The van der Waals surface area contributed by atoms with Crippen molar-refractivity contribution < 1.29 is 9.53 Å². The minimum absolute atomic E-state index is 0.279. The Morgan fingerprint density at radius 1 is 1.33 bits per heavy atom. The number of hydrogen-bond acceptors (Lipinski definition) is 4. The van der Waals surface area contributed by atoms with Crippen molar-refractivity contribution in [3.05, 3.63) is 23.8 Å². The van der Waals surface area contributed by atoms with Gasteiger partial charge in [0.2, 0.25) is 5.91 Å². The van der Waals surface area contributed by atoms with E-state index in [0.717, 1.165) is 19.3 Å². The smallest absolute Gasteiger partial charge is 0.217 e. The zero-order valence-electron chi connectivity index (χ0n) is 10.2. The molecule has 0 saturated carbocycles. The zero-order chi connectivity index (χ0) is 13.4. The number of hydrogen-bond donors (Lipinski definition) is 2. The Kier molecular flexibility index (Phi) is 5.52. The fourth-order valence-electron chi connectivity index (χ4n) is 1.55. The number of carbonyl (C=O) groups is 1. The first-order valence-corrected chi connectivity index (χ1v) is 5.85. The Labute approximate surface area is 106 Å². The summed E-state index contributed by atoms with van der Waals surface area (Å²) in [5, 5.41) is 8.94. The molecule has 1 aromatic carbocycles. The number of ether oxygens (including phenoxy) is 1. The molecule has 0 unspecified atom stereocenters. The molecule has 0 heterocycles. The average Bonchev–Trinajstić information content (AvgIpc) is 2.33. The number of carbonyl (C=O) groups excluding carboxylic acids is 1. The maximum Gasteiger partial charge on any atom is 0.217 e. The van der Waals surface area contributed by atoms with Crippen molar-refractivity contribution in [2.75, 3.05) is 12.3 Å². The van der Waals surface area contributed by atoms with E-state index in [2.05, 4.69) is 0 Å². The van der Waals surface area contributed by atoms with Crippen LogP contribution in [0.4, 0.5) is 5.69 Å². The van der Waals surface area contributed by atoms with Gasteiger partial charge in [0.25, 0.3) is 0 Å². The zero-order valence-corrected chi connectivity index (χ0v) is 10.2. The molecule has 1 aromatic rings. The summed E-state index contributed by atoms with van der Waals surface area (Å²) in [4.78, 5) is 10.5. The highest BCUT2D eigenvalue weighted by Crippen LogP contribution is 2.23. The van der Waals surface area contributed by atoms with Crippen LogP contribution in [0.15, 0.2) is 18.2 Å². The minimum Gasteiger partial charge on any atom is -0.492 e. The summed E-state index contributed by atoms with van der Waals surface area (Å²) in [5.74, 6) is 0.228. The predicted octanol–water partition coefficient (Wildman–Crippen LogP) is 1.56. The van der Waals surface area contributed by atoms with Crippen LogP contribution in [0.5, 0.6) is 5.75 Å². The first kappa shape index (κ1) is 13.8. The molecule has 5 heteroatoms. The van der Waals surface area contributed by atoms with Crippen molar-refractivity contribution in [3.63, 3.8) is 0 Å². The molecule has 96 valence electrons. The Morgan fingerprint density at radius 2 is 2.11 bits per heavy atom. The van der Waals surface area contributed by atoms with E-state index in [0.29, 0.717) is 30.0 Å². The largest absolute Gasteiger partial charge is 0.492 e. The summed E-state index contributed by atoms with van der Waals surface area (Å²) < 4.78 is 5.50. The van der Waals surface area contributed by atoms with E-state index in [4.69, 9.17) is 21.5 Å². The number of unbranched alkanes of at least 4 members (excludes halogenated alkanes) is 2. The van der Waals surface area contributed by atoms with Gasteiger partial charge in [-0.2, -0.15) is 5.26 Å². The summed E-state index contributed by atoms with van der Waals surface area (Å²) in [5.41, 5.74) is 11.5. The first-order chi connectivity index (χ1) is 8.65. The molecule has 0 spiro atoms. The highest BCUT2D eigenvalue weighted by molar-refractivity contribution is 5.73. The highest BCUT2D eigenvalue weighted by Gasteiger charge is 2.06. The standard InChI is InChI=1S/C13H17N3O2/c14-9-10-11(15)5-4-6-12(10)18-8-3-1-2-7-13(16)17/h4-6H,1-3,7-8,15H2,(H2,16,17). The van der Waals surface area contributed by atoms with Crippen molar-refractivity contribution >= 4 is 11.6 Å². The van der Waals surface area contributed by atoms with Gasteiger partial charge >= 0.3 is 0 Å². The van der Waals surface area contributed by atoms with Crippen LogP contribution in [0, 0.1) is 11.3 Å². The molecular formula is C13H17N3O2. The van der Waals surface area contributed by atoms with Crippen molar-refractivity contribution in [1.82, 2.24) is 0 Å². The quantitative estimate of drug-likeness (QED) is 0.563. The van der Waals surface area contributed by atoms with Crippen LogP contribution in [0.1, 0.15) is 31.2 Å². The summed E-state index contributed by atoms with van der Waals surface area (Å²) in [6.07, 6.45) is 2.85. The molecule has 5 nitrogen and oxygen atoms in total. The molecule has 0 aromatic heterocycles. The van der Waals surface area contributed by atoms with E-state index in [9.17, 15) is 4.79 Å². The second-order valence-electron chi connectivity index (χ2n) is 3.96. The van der Waals surface area contributed by atoms with Gasteiger partial charge in [-0.25, -0.2) is 0 Å². The fourth-order valence-corrected chi connectivity index (χ4v) is 1.55. The van der Waals surface area contributed by atoms with Crippen LogP contribution >= 0.6 is 0 Å². The minimum atomic E-state index is -0.279. The Balaban J connectivity index is 2.34. The lowest BCUT2D eigenvalue weighted by Crippen LogP contribution is -2.09. The Morgan fingerprint density at radius 3 is 2.78 bits per heavy atom. The fraction of sp³-hybridized carbons (Fsp3) is 0.385. The van der Waals surface area contributed by atoms with E-state index in [1.165, 1.54) is 0 Å². The highest BCUT2D eigenvalue weighted by atomic mass is 16.5. The maximum atomic E-state index is 10.5. The van der Waals surface area contributed by atoms with Gasteiger partial charge < -0.3 is 16.2 Å². The van der Waals surface area contributed by atoms with Gasteiger partial charge in [-0.1, -0.05) is 6.07 Å². The van der Waals surface area contributed by atoms with Crippen LogP contribution in [0.3, 0.4) is 0 Å².